The summed E-state index contributed by atoms with van der Waals surface area (Å²) in [5.41, 5.74) is 1.68. The minimum atomic E-state index is -0.579. The number of aryl methyl sites for hydroxylation is 1. The molecule has 0 aliphatic rings. The monoisotopic (exact) mass is 292 g/mol. The van der Waals surface area contributed by atoms with Gasteiger partial charge in [0.25, 0.3) is 0 Å². The van der Waals surface area contributed by atoms with E-state index < -0.39 is 6.04 Å². The van der Waals surface area contributed by atoms with Crippen LogP contribution in [0, 0.1) is 6.92 Å². The van der Waals surface area contributed by atoms with Gasteiger partial charge >= 0.3 is 6.03 Å². The Morgan fingerprint density at radius 3 is 2.57 bits per heavy atom. The highest BCUT2D eigenvalue weighted by molar-refractivity contribution is 5.86. The Morgan fingerprint density at radius 1 is 1.24 bits per heavy atom. The van der Waals surface area contributed by atoms with Crippen LogP contribution in [0.4, 0.5) is 4.79 Å². The molecule has 0 saturated carbocycles. The summed E-state index contributed by atoms with van der Waals surface area (Å²) in [6.45, 7) is 7.79. The summed E-state index contributed by atoms with van der Waals surface area (Å²) in [5, 5.41) is 8.11. The normalized spacial score (nSPS) is 13.1. The van der Waals surface area contributed by atoms with Gasteiger partial charge in [-0.25, -0.2) is 4.79 Å². The van der Waals surface area contributed by atoms with Gasteiger partial charge in [-0.1, -0.05) is 13.0 Å². The number of hydrogen-bond acceptors (Lipinski definition) is 3. The second-order valence-corrected chi connectivity index (χ2v) is 5.14. The van der Waals surface area contributed by atoms with Crippen LogP contribution in [0.1, 0.15) is 38.6 Å². The van der Waals surface area contributed by atoms with Gasteiger partial charge in [0.15, 0.2) is 0 Å². The predicted molar refractivity (Wildman–Crippen MR) is 81.7 cm³/mol. The van der Waals surface area contributed by atoms with Crippen LogP contribution in [-0.4, -0.2) is 29.0 Å². The summed E-state index contributed by atoms with van der Waals surface area (Å²) in [6, 6.07) is 4.76. The van der Waals surface area contributed by atoms with Crippen molar-refractivity contribution in [1.29, 1.82) is 0 Å². The summed E-state index contributed by atoms with van der Waals surface area (Å²) < 4.78 is 0. The molecule has 0 radical (unpaired) electrons. The predicted octanol–water partition coefficient (Wildman–Crippen LogP) is 1.49. The second-order valence-electron chi connectivity index (χ2n) is 5.14. The maximum Gasteiger partial charge on any atom is 0.315 e. The lowest BCUT2D eigenvalue weighted by Gasteiger charge is -2.17. The number of carbonyl (C=O) groups is 2. The first-order chi connectivity index (χ1) is 9.92. The van der Waals surface area contributed by atoms with E-state index in [2.05, 4.69) is 20.9 Å². The van der Waals surface area contributed by atoms with Crippen molar-refractivity contribution in [1.82, 2.24) is 20.9 Å². The fourth-order valence-corrected chi connectivity index (χ4v) is 1.65. The Kier molecular flexibility index (Phi) is 6.65. The van der Waals surface area contributed by atoms with Gasteiger partial charge in [0, 0.05) is 11.7 Å². The van der Waals surface area contributed by atoms with E-state index in [4.69, 9.17) is 0 Å². The van der Waals surface area contributed by atoms with Crippen molar-refractivity contribution in [3.8, 4) is 0 Å². The van der Waals surface area contributed by atoms with Crippen LogP contribution in [0.25, 0.3) is 0 Å². The molecule has 1 aromatic rings. The molecule has 21 heavy (non-hydrogen) atoms. The van der Waals surface area contributed by atoms with E-state index in [1.807, 2.05) is 39.0 Å². The van der Waals surface area contributed by atoms with Gasteiger partial charge in [0.05, 0.1) is 12.2 Å². The molecule has 3 amide bonds. The third-order valence-electron chi connectivity index (χ3n) is 3.12. The molecular weight excluding hydrogens is 268 g/mol. The molecule has 0 aromatic carbocycles. The van der Waals surface area contributed by atoms with E-state index >= 15 is 0 Å². The first-order valence-corrected chi connectivity index (χ1v) is 7.19. The molecule has 3 N–H and O–H groups in total. The number of nitrogens with zero attached hydrogens (tertiary/aromatic N) is 1. The molecule has 0 fully saturated rings. The molecule has 0 saturated heterocycles. The molecule has 1 aromatic heterocycles. The molecule has 1 heterocycles. The third kappa shape index (κ3) is 6.25. The average molecular weight is 292 g/mol. The van der Waals surface area contributed by atoms with Crippen LogP contribution in [0.2, 0.25) is 0 Å². The van der Waals surface area contributed by atoms with Crippen LogP contribution in [0.5, 0.6) is 0 Å². The highest BCUT2D eigenvalue weighted by Gasteiger charge is 2.16. The Labute approximate surface area is 125 Å². The van der Waals surface area contributed by atoms with Gasteiger partial charge in [-0.3, -0.25) is 9.78 Å². The number of aromatic nitrogens is 1. The SMILES string of the molecule is CC[C@H](C)NC(=O)[C@@H](C)NC(=O)NCc1cccc(C)n1. The number of amides is 3. The fourth-order valence-electron chi connectivity index (χ4n) is 1.65. The van der Waals surface area contributed by atoms with Crippen molar-refractivity contribution < 1.29 is 9.59 Å². The standard InChI is InChI=1S/C15H24N4O2/c1-5-10(2)18-14(20)12(4)19-15(21)16-9-13-8-6-7-11(3)17-13/h6-8,10,12H,5,9H2,1-4H3,(H,18,20)(H2,16,19,21)/t10-,12+/m0/s1. The minimum Gasteiger partial charge on any atom is -0.352 e. The number of rotatable bonds is 6. The highest BCUT2D eigenvalue weighted by Crippen LogP contribution is 1.97. The Bertz CT molecular complexity index is 490. The van der Waals surface area contributed by atoms with E-state index in [1.54, 1.807) is 6.92 Å². The number of pyridine rings is 1. The zero-order valence-electron chi connectivity index (χ0n) is 13.1. The number of carbonyl (C=O) groups excluding carboxylic acids is 2. The summed E-state index contributed by atoms with van der Waals surface area (Å²) in [7, 11) is 0. The topological polar surface area (TPSA) is 83.1 Å². The van der Waals surface area contributed by atoms with Crippen LogP contribution < -0.4 is 16.0 Å². The molecule has 0 unspecified atom stereocenters. The summed E-state index contributed by atoms with van der Waals surface area (Å²) in [6.07, 6.45) is 0.851. The Hall–Kier alpha value is -2.11. The van der Waals surface area contributed by atoms with E-state index in [9.17, 15) is 9.59 Å². The molecule has 0 aliphatic carbocycles. The van der Waals surface area contributed by atoms with Gasteiger partial charge in [0.1, 0.15) is 6.04 Å². The largest absolute Gasteiger partial charge is 0.352 e. The van der Waals surface area contributed by atoms with E-state index in [-0.39, 0.29) is 18.0 Å². The average Bonchev–Trinajstić information content (AvgIpc) is 2.45. The van der Waals surface area contributed by atoms with E-state index in [0.717, 1.165) is 17.8 Å². The van der Waals surface area contributed by atoms with Crippen molar-refractivity contribution in [2.75, 3.05) is 0 Å². The molecule has 6 heteroatoms. The van der Waals surface area contributed by atoms with Crippen LogP contribution >= 0.6 is 0 Å². The maximum absolute atomic E-state index is 11.8. The quantitative estimate of drug-likeness (QED) is 0.743. The highest BCUT2D eigenvalue weighted by atomic mass is 16.2. The van der Waals surface area contributed by atoms with Gasteiger partial charge < -0.3 is 16.0 Å². The van der Waals surface area contributed by atoms with Gasteiger partial charge in [-0.15, -0.1) is 0 Å². The first-order valence-electron chi connectivity index (χ1n) is 7.19. The second kappa shape index (κ2) is 8.24. The molecular formula is C15H24N4O2. The Balaban J connectivity index is 2.37. The number of urea groups is 1. The zero-order chi connectivity index (χ0) is 15.8. The van der Waals surface area contributed by atoms with E-state index in [0.29, 0.717) is 6.54 Å². The van der Waals surface area contributed by atoms with Crippen molar-refractivity contribution >= 4 is 11.9 Å². The van der Waals surface area contributed by atoms with E-state index in [1.165, 1.54) is 0 Å². The lowest BCUT2D eigenvalue weighted by molar-refractivity contribution is -0.123. The summed E-state index contributed by atoms with van der Waals surface area (Å²) in [4.78, 5) is 27.8. The lowest BCUT2D eigenvalue weighted by Crippen LogP contribution is -2.50. The number of hydrogen-bond donors (Lipinski definition) is 3. The molecule has 0 spiro atoms. The maximum atomic E-state index is 11.8. The van der Waals surface area contributed by atoms with Crippen LogP contribution in [0.15, 0.2) is 18.2 Å². The van der Waals surface area contributed by atoms with Gasteiger partial charge in [-0.2, -0.15) is 0 Å². The zero-order valence-corrected chi connectivity index (χ0v) is 13.1. The molecule has 116 valence electrons. The molecule has 0 bridgehead atoms. The molecule has 0 aliphatic heterocycles. The van der Waals surface area contributed by atoms with Gasteiger partial charge in [0.2, 0.25) is 5.91 Å². The summed E-state index contributed by atoms with van der Waals surface area (Å²) in [5.74, 6) is -0.187. The minimum absolute atomic E-state index is 0.0984. The fraction of sp³-hybridized carbons (Fsp3) is 0.533. The van der Waals surface area contributed by atoms with Crippen LogP contribution in [-0.2, 0) is 11.3 Å². The van der Waals surface area contributed by atoms with Crippen LogP contribution in [0.3, 0.4) is 0 Å². The number of nitrogens with one attached hydrogen (secondary N) is 3. The first kappa shape index (κ1) is 16.9. The lowest BCUT2D eigenvalue weighted by atomic mass is 10.2. The summed E-state index contributed by atoms with van der Waals surface area (Å²) >= 11 is 0. The molecule has 1 rings (SSSR count). The van der Waals surface area contributed by atoms with Crippen molar-refractivity contribution in [2.24, 2.45) is 0 Å². The van der Waals surface area contributed by atoms with Crippen molar-refractivity contribution in [3.05, 3.63) is 29.6 Å². The van der Waals surface area contributed by atoms with Crippen molar-refractivity contribution in [2.45, 2.75) is 52.7 Å². The van der Waals surface area contributed by atoms with Gasteiger partial charge in [-0.05, 0) is 39.3 Å². The molecule has 2 atom stereocenters. The molecule has 6 nitrogen and oxygen atoms in total. The van der Waals surface area contributed by atoms with Crippen molar-refractivity contribution in [3.63, 3.8) is 0 Å². The Morgan fingerprint density at radius 2 is 1.95 bits per heavy atom. The third-order valence-corrected chi connectivity index (χ3v) is 3.12. The smallest absolute Gasteiger partial charge is 0.315 e.